The van der Waals surface area contributed by atoms with Crippen LogP contribution < -0.4 is 15.4 Å². The number of rotatable bonds is 5. The molecule has 0 saturated carbocycles. The van der Waals surface area contributed by atoms with E-state index < -0.39 is 0 Å². The van der Waals surface area contributed by atoms with E-state index in [0.29, 0.717) is 17.6 Å². The number of methoxy groups -OCH3 is 1. The number of hydrogen-bond acceptors (Lipinski definition) is 3. The van der Waals surface area contributed by atoms with Crippen LogP contribution >= 0.6 is 12.2 Å². The molecule has 0 aliphatic heterocycles. The Morgan fingerprint density at radius 2 is 1.64 bits per heavy atom. The first-order valence-corrected chi connectivity index (χ1v) is 9.35. The summed E-state index contributed by atoms with van der Waals surface area (Å²) in [5.41, 5.74) is 3.96. The van der Waals surface area contributed by atoms with Crippen molar-refractivity contribution in [3.05, 3.63) is 84.4 Å². The van der Waals surface area contributed by atoms with Crippen LogP contribution in [-0.2, 0) is 6.54 Å². The van der Waals surface area contributed by atoms with E-state index in [9.17, 15) is 0 Å². The molecule has 0 radical (unpaired) electrons. The summed E-state index contributed by atoms with van der Waals surface area (Å²) in [6.07, 6.45) is 0. The number of benzene rings is 3. The number of aromatic nitrogens is 2. The van der Waals surface area contributed by atoms with Crippen LogP contribution in [0.15, 0.2) is 78.9 Å². The van der Waals surface area contributed by atoms with Crippen LogP contribution in [-0.4, -0.2) is 21.8 Å². The highest BCUT2D eigenvalue weighted by atomic mass is 32.1. The lowest BCUT2D eigenvalue weighted by Gasteiger charge is -2.14. The Hall–Kier alpha value is -3.38. The van der Waals surface area contributed by atoms with Crippen molar-refractivity contribution in [1.82, 2.24) is 9.55 Å². The van der Waals surface area contributed by atoms with E-state index in [0.717, 1.165) is 22.5 Å². The number of ether oxygens (including phenoxy) is 1. The maximum absolute atomic E-state index is 5.52. The zero-order valence-corrected chi connectivity index (χ0v) is 16.2. The molecule has 0 bridgehead atoms. The minimum absolute atomic E-state index is 0.453. The molecule has 28 heavy (non-hydrogen) atoms. The Kier molecular flexibility index (Phi) is 5.21. The summed E-state index contributed by atoms with van der Waals surface area (Å²) in [6, 6.07) is 26.0. The first-order chi connectivity index (χ1) is 13.7. The quantitative estimate of drug-likeness (QED) is 0.476. The van der Waals surface area contributed by atoms with Crippen molar-refractivity contribution in [3.8, 4) is 5.75 Å². The van der Waals surface area contributed by atoms with Gasteiger partial charge in [0.2, 0.25) is 5.95 Å². The van der Waals surface area contributed by atoms with E-state index in [1.807, 2.05) is 60.7 Å². The second-order valence-electron chi connectivity index (χ2n) is 6.28. The molecule has 4 aromatic rings. The first-order valence-electron chi connectivity index (χ1n) is 8.95. The second-order valence-corrected chi connectivity index (χ2v) is 6.68. The van der Waals surface area contributed by atoms with Crippen molar-refractivity contribution < 1.29 is 4.74 Å². The van der Waals surface area contributed by atoms with Gasteiger partial charge in [-0.15, -0.1) is 0 Å². The molecule has 0 spiro atoms. The number of nitrogens with one attached hydrogen (secondary N) is 2. The van der Waals surface area contributed by atoms with E-state index in [1.54, 1.807) is 7.11 Å². The summed E-state index contributed by atoms with van der Waals surface area (Å²) in [4.78, 5) is 4.73. The lowest BCUT2D eigenvalue weighted by Crippen LogP contribution is -2.22. The molecule has 5 nitrogen and oxygen atoms in total. The number of hydrogen-bond donors (Lipinski definition) is 2. The maximum atomic E-state index is 5.52. The Labute approximate surface area is 169 Å². The van der Waals surface area contributed by atoms with Crippen molar-refractivity contribution in [2.45, 2.75) is 6.54 Å². The summed E-state index contributed by atoms with van der Waals surface area (Å²) in [5, 5.41) is 6.88. The summed E-state index contributed by atoms with van der Waals surface area (Å²) in [6.45, 7) is 0.695. The molecule has 0 saturated heterocycles. The molecule has 1 aromatic heterocycles. The van der Waals surface area contributed by atoms with Crippen LogP contribution in [0.1, 0.15) is 5.56 Å². The molecule has 0 aliphatic carbocycles. The lowest BCUT2D eigenvalue weighted by molar-refractivity contribution is 0.417. The van der Waals surface area contributed by atoms with Crippen LogP contribution in [0.5, 0.6) is 5.75 Å². The molecule has 6 heteroatoms. The number of thiocarbonyl (C=S) groups is 1. The van der Waals surface area contributed by atoms with Crippen molar-refractivity contribution in [1.29, 1.82) is 0 Å². The fraction of sp³-hybridized carbons (Fsp3) is 0.0909. The van der Waals surface area contributed by atoms with E-state index in [4.69, 9.17) is 21.9 Å². The van der Waals surface area contributed by atoms with Gasteiger partial charge in [-0.25, -0.2) is 4.98 Å². The Bertz CT molecular complexity index is 1110. The van der Waals surface area contributed by atoms with Gasteiger partial charge in [0, 0.05) is 0 Å². The van der Waals surface area contributed by atoms with Crippen molar-refractivity contribution >= 4 is 40.0 Å². The maximum Gasteiger partial charge on any atom is 0.210 e. The Morgan fingerprint density at radius 1 is 0.929 bits per heavy atom. The van der Waals surface area contributed by atoms with Gasteiger partial charge in [0.15, 0.2) is 5.11 Å². The largest absolute Gasteiger partial charge is 0.495 e. The predicted molar refractivity (Wildman–Crippen MR) is 118 cm³/mol. The molecule has 4 rings (SSSR count). The highest BCUT2D eigenvalue weighted by Crippen LogP contribution is 2.24. The number of fused-ring (bicyclic) bond motifs is 1. The van der Waals surface area contributed by atoms with E-state index in [1.165, 1.54) is 5.56 Å². The molecular weight excluding hydrogens is 368 g/mol. The second kappa shape index (κ2) is 8.10. The summed E-state index contributed by atoms with van der Waals surface area (Å²) in [5.74, 6) is 1.42. The third kappa shape index (κ3) is 3.82. The molecule has 0 atom stereocenters. The van der Waals surface area contributed by atoms with Gasteiger partial charge in [-0.05, 0) is 42.0 Å². The van der Waals surface area contributed by atoms with Crippen LogP contribution in [0.4, 0.5) is 11.6 Å². The summed E-state index contributed by atoms with van der Waals surface area (Å²) < 4.78 is 7.50. The standard InChI is InChI=1S/C22H20N4OS/c1-27-20-14-8-6-12-18(20)24-22(28)25-21-23-17-11-5-7-13-19(17)26(21)15-16-9-3-2-4-10-16/h2-14H,15H2,1H3,(H2,23,24,25,28). The number of para-hydroxylation sites is 4. The molecule has 0 amide bonds. The number of nitrogens with zero attached hydrogens (tertiary/aromatic N) is 2. The molecule has 2 N–H and O–H groups in total. The fourth-order valence-electron chi connectivity index (χ4n) is 3.10. The third-order valence-corrected chi connectivity index (χ3v) is 4.62. The molecule has 1 heterocycles. The number of imidazole rings is 1. The van der Waals surface area contributed by atoms with E-state index in [-0.39, 0.29) is 0 Å². The van der Waals surface area contributed by atoms with Gasteiger partial charge in [0.1, 0.15) is 5.75 Å². The lowest BCUT2D eigenvalue weighted by atomic mass is 10.2. The van der Waals surface area contributed by atoms with Crippen molar-refractivity contribution in [2.24, 2.45) is 0 Å². The molecule has 0 aliphatic rings. The van der Waals surface area contributed by atoms with Crippen LogP contribution in [0.3, 0.4) is 0 Å². The molecular formula is C22H20N4OS. The normalized spacial score (nSPS) is 10.6. The van der Waals surface area contributed by atoms with Gasteiger partial charge in [0.25, 0.3) is 0 Å². The molecule has 3 aromatic carbocycles. The molecule has 0 fully saturated rings. The Morgan fingerprint density at radius 3 is 2.46 bits per heavy atom. The minimum atomic E-state index is 0.453. The average Bonchev–Trinajstić information content (AvgIpc) is 3.06. The van der Waals surface area contributed by atoms with Gasteiger partial charge < -0.3 is 19.9 Å². The zero-order chi connectivity index (χ0) is 19.3. The minimum Gasteiger partial charge on any atom is -0.495 e. The van der Waals surface area contributed by atoms with Crippen LogP contribution in [0.25, 0.3) is 11.0 Å². The SMILES string of the molecule is COc1ccccc1NC(=S)Nc1nc2ccccc2n1Cc1ccccc1. The van der Waals surface area contributed by atoms with Gasteiger partial charge in [0.05, 0.1) is 30.4 Å². The van der Waals surface area contributed by atoms with Gasteiger partial charge in [-0.3, -0.25) is 0 Å². The topological polar surface area (TPSA) is 51.1 Å². The number of anilines is 2. The highest BCUT2D eigenvalue weighted by Gasteiger charge is 2.13. The highest BCUT2D eigenvalue weighted by molar-refractivity contribution is 7.80. The fourth-order valence-corrected chi connectivity index (χ4v) is 3.30. The van der Waals surface area contributed by atoms with E-state index >= 15 is 0 Å². The monoisotopic (exact) mass is 388 g/mol. The first kappa shape index (κ1) is 18.0. The molecule has 0 unspecified atom stereocenters. The average molecular weight is 388 g/mol. The predicted octanol–water partition coefficient (Wildman–Crippen LogP) is 4.90. The van der Waals surface area contributed by atoms with Crippen LogP contribution in [0, 0.1) is 0 Å². The van der Waals surface area contributed by atoms with Crippen LogP contribution in [0.2, 0.25) is 0 Å². The van der Waals surface area contributed by atoms with Crippen molar-refractivity contribution in [3.63, 3.8) is 0 Å². The summed E-state index contributed by atoms with van der Waals surface area (Å²) in [7, 11) is 1.64. The van der Waals surface area contributed by atoms with Gasteiger partial charge >= 0.3 is 0 Å². The van der Waals surface area contributed by atoms with Gasteiger partial charge in [-0.1, -0.05) is 54.6 Å². The van der Waals surface area contributed by atoms with Gasteiger partial charge in [-0.2, -0.15) is 0 Å². The summed E-state index contributed by atoms with van der Waals surface area (Å²) >= 11 is 5.52. The Balaban J connectivity index is 1.62. The van der Waals surface area contributed by atoms with E-state index in [2.05, 4.69) is 33.4 Å². The zero-order valence-electron chi connectivity index (χ0n) is 15.4. The smallest absolute Gasteiger partial charge is 0.210 e. The third-order valence-electron chi connectivity index (χ3n) is 4.42. The van der Waals surface area contributed by atoms with Crippen molar-refractivity contribution in [2.75, 3.05) is 17.7 Å². The molecule has 140 valence electrons.